The van der Waals surface area contributed by atoms with Crippen LogP contribution in [-0.2, 0) is 19.6 Å². The van der Waals surface area contributed by atoms with Gasteiger partial charge in [-0.05, 0) is 55.9 Å². The molecule has 0 aliphatic rings. The molecule has 0 atom stereocenters. The highest BCUT2D eigenvalue weighted by Crippen LogP contribution is 2.21. The first-order valence-corrected chi connectivity index (χ1v) is 8.72. The number of nitrogens with one attached hydrogen (secondary N) is 1. The molecule has 0 spiro atoms. The van der Waals surface area contributed by atoms with Crippen LogP contribution in [0.1, 0.15) is 37.0 Å². The molecule has 1 N–H and O–H groups in total. The minimum atomic E-state index is 0.126. The lowest BCUT2D eigenvalue weighted by molar-refractivity contribution is 0.290. The molecular formula is C16H23BrN2OS. The van der Waals surface area contributed by atoms with Gasteiger partial charge in [0.1, 0.15) is 5.76 Å². The van der Waals surface area contributed by atoms with Crippen LogP contribution < -0.4 is 5.32 Å². The van der Waals surface area contributed by atoms with E-state index in [4.69, 9.17) is 4.42 Å². The topological polar surface area (TPSA) is 28.4 Å². The maximum atomic E-state index is 5.66. The van der Waals surface area contributed by atoms with Crippen LogP contribution in [-0.4, -0.2) is 17.5 Å². The lowest BCUT2D eigenvalue weighted by Gasteiger charge is -2.19. The van der Waals surface area contributed by atoms with Crippen LogP contribution in [0.15, 0.2) is 32.7 Å². The molecular weight excluding hydrogens is 348 g/mol. The summed E-state index contributed by atoms with van der Waals surface area (Å²) in [6.45, 7) is 9.11. The van der Waals surface area contributed by atoms with Crippen LogP contribution in [0, 0.1) is 0 Å². The van der Waals surface area contributed by atoms with E-state index in [0.29, 0.717) is 0 Å². The lowest BCUT2D eigenvalue weighted by atomic mass is 10.1. The first-order valence-electron chi connectivity index (χ1n) is 7.04. The molecule has 0 saturated carbocycles. The average molecular weight is 371 g/mol. The second kappa shape index (κ2) is 7.09. The number of halogens is 1. The molecule has 0 saturated heterocycles. The minimum absolute atomic E-state index is 0.126. The van der Waals surface area contributed by atoms with Crippen molar-refractivity contribution in [2.24, 2.45) is 0 Å². The Bertz CT molecular complexity index is 571. The molecule has 0 fully saturated rings. The van der Waals surface area contributed by atoms with Crippen LogP contribution >= 0.6 is 27.3 Å². The fraction of sp³-hybridized carbons (Fsp3) is 0.500. The Morgan fingerprint density at radius 3 is 2.67 bits per heavy atom. The molecule has 2 aromatic rings. The molecule has 0 aliphatic heterocycles. The smallest absolute Gasteiger partial charge is 0.118 e. The van der Waals surface area contributed by atoms with Gasteiger partial charge < -0.3 is 9.73 Å². The molecule has 0 amide bonds. The van der Waals surface area contributed by atoms with Crippen molar-refractivity contribution in [1.82, 2.24) is 10.2 Å². The molecule has 2 aromatic heterocycles. The summed E-state index contributed by atoms with van der Waals surface area (Å²) in [6.07, 6.45) is 1.85. The summed E-state index contributed by atoms with van der Waals surface area (Å²) >= 11 is 5.27. The minimum Gasteiger partial charge on any atom is -0.468 e. The van der Waals surface area contributed by atoms with Gasteiger partial charge in [0.2, 0.25) is 0 Å². The fourth-order valence-corrected chi connectivity index (χ4v) is 3.52. The Balaban J connectivity index is 1.84. The molecule has 2 rings (SSSR count). The van der Waals surface area contributed by atoms with Crippen molar-refractivity contribution in [3.63, 3.8) is 0 Å². The Morgan fingerprint density at radius 2 is 2.05 bits per heavy atom. The first kappa shape index (κ1) is 16.7. The van der Waals surface area contributed by atoms with Gasteiger partial charge in [0.25, 0.3) is 0 Å². The summed E-state index contributed by atoms with van der Waals surface area (Å²) in [4.78, 5) is 3.61. The summed E-state index contributed by atoms with van der Waals surface area (Å²) in [5, 5.41) is 5.59. The monoisotopic (exact) mass is 370 g/mol. The van der Waals surface area contributed by atoms with E-state index in [1.54, 1.807) is 11.3 Å². The second-order valence-corrected chi connectivity index (χ2v) is 8.34. The van der Waals surface area contributed by atoms with Crippen LogP contribution in [0.3, 0.4) is 0 Å². The van der Waals surface area contributed by atoms with E-state index in [1.807, 2.05) is 6.26 Å². The highest BCUT2D eigenvalue weighted by atomic mass is 79.9. The van der Waals surface area contributed by atoms with Crippen LogP contribution in [0.2, 0.25) is 0 Å². The van der Waals surface area contributed by atoms with Crippen LogP contribution in [0.4, 0.5) is 0 Å². The highest BCUT2D eigenvalue weighted by molar-refractivity contribution is 9.10. The van der Waals surface area contributed by atoms with E-state index >= 15 is 0 Å². The lowest BCUT2D eigenvalue weighted by Crippen LogP contribution is -2.34. The summed E-state index contributed by atoms with van der Waals surface area (Å²) in [7, 11) is 2.11. The van der Waals surface area contributed by atoms with Gasteiger partial charge in [0, 0.05) is 38.9 Å². The largest absolute Gasteiger partial charge is 0.468 e. The summed E-state index contributed by atoms with van der Waals surface area (Å²) in [5.41, 5.74) is 1.33. The number of thiophene rings is 1. The molecule has 0 aromatic carbocycles. The predicted molar refractivity (Wildman–Crippen MR) is 92.5 cm³/mol. The van der Waals surface area contributed by atoms with E-state index < -0.39 is 0 Å². The van der Waals surface area contributed by atoms with Gasteiger partial charge in [-0.25, -0.2) is 0 Å². The van der Waals surface area contributed by atoms with E-state index in [2.05, 4.69) is 71.5 Å². The zero-order valence-corrected chi connectivity index (χ0v) is 15.5. The van der Waals surface area contributed by atoms with Gasteiger partial charge in [-0.2, -0.15) is 0 Å². The van der Waals surface area contributed by atoms with Crippen molar-refractivity contribution in [1.29, 1.82) is 0 Å². The molecule has 5 heteroatoms. The van der Waals surface area contributed by atoms with Crippen molar-refractivity contribution in [3.8, 4) is 0 Å². The molecule has 21 heavy (non-hydrogen) atoms. The van der Waals surface area contributed by atoms with Gasteiger partial charge in [0.15, 0.2) is 0 Å². The Kier molecular flexibility index (Phi) is 5.66. The first-order chi connectivity index (χ1) is 9.82. The van der Waals surface area contributed by atoms with Crippen molar-refractivity contribution >= 4 is 27.3 Å². The number of rotatable bonds is 6. The van der Waals surface area contributed by atoms with Crippen molar-refractivity contribution in [3.05, 3.63) is 44.4 Å². The number of nitrogens with zero attached hydrogens (tertiary/aromatic N) is 1. The van der Waals surface area contributed by atoms with Crippen molar-refractivity contribution in [2.45, 2.75) is 45.9 Å². The summed E-state index contributed by atoms with van der Waals surface area (Å²) in [5.74, 6) is 1.01. The van der Waals surface area contributed by atoms with Gasteiger partial charge >= 0.3 is 0 Å². The van der Waals surface area contributed by atoms with E-state index in [-0.39, 0.29) is 5.54 Å². The van der Waals surface area contributed by atoms with E-state index in [0.717, 1.165) is 29.9 Å². The summed E-state index contributed by atoms with van der Waals surface area (Å²) < 4.78 is 6.81. The quantitative estimate of drug-likeness (QED) is 0.803. The van der Waals surface area contributed by atoms with Crippen molar-refractivity contribution < 1.29 is 4.42 Å². The second-order valence-electron chi connectivity index (χ2n) is 6.43. The van der Waals surface area contributed by atoms with E-state index in [1.165, 1.54) is 10.4 Å². The zero-order valence-electron chi connectivity index (χ0n) is 13.1. The molecule has 0 aliphatic carbocycles. The number of hydrogen-bond donors (Lipinski definition) is 1. The van der Waals surface area contributed by atoms with Gasteiger partial charge in [-0.3, -0.25) is 4.90 Å². The Hall–Kier alpha value is -0.620. The Morgan fingerprint density at radius 1 is 1.29 bits per heavy atom. The van der Waals surface area contributed by atoms with Gasteiger partial charge in [-0.15, -0.1) is 11.3 Å². The zero-order chi connectivity index (χ0) is 15.5. The van der Waals surface area contributed by atoms with Crippen LogP contribution in [0.5, 0.6) is 0 Å². The average Bonchev–Trinajstić information content (AvgIpc) is 2.95. The van der Waals surface area contributed by atoms with Gasteiger partial charge in [-0.1, -0.05) is 0 Å². The molecule has 0 radical (unpaired) electrons. The third kappa shape index (κ3) is 5.94. The summed E-state index contributed by atoms with van der Waals surface area (Å²) in [6, 6.07) is 4.31. The maximum Gasteiger partial charge on any atom is 0.118 e. The molecule has 2 heterocycles. The fourth-order valence-electron chi connectivity index (χ4n) is 1.99. The molecule has 0 bridgehead atoms. The van der Waals surface area contributed by atoms with Crippen LogP contribution in [0.25, 0.3) is 0 Å². The third-order valence-corrected chi connectivity index (χ3v) is 4.69. The predicted octanol–water partition coefficient (Wildman–Crippen LogP) is 4.62. The third-order valence-electron chi connectivity index (χ3n) is 3.00. The Labute approximate surface area is 139 Å². The van der Waals surface area contributed by atoms with Crippen molar-refractivity contribution in [2.75, 3.05) is 7.05 Å². The number of furan rings is 1. The number of hydrogen-bond acceptors (Lipinski definition) is 4. The normalized spacial score (nSPS) is 12.3. The molecule has 0 unspecified atom stereocenters. The van der Waals surface area contributed by atoms with Gasteiger partial charge in [0.05, 0.1) is 12.8 Å². The van der Waals surface area contributed by atoms with E-state index in [9.17, 15) is 0 Å². The maximum absolute atomic E-state index is 5.66. The highest BCUT2D eigenvalue weighted by Gasteiger charge is 2.11. The molecule has 3 nitrogen and oxygen atoms in total. The molecule has 116 valence electrons. The SMILES string of the molecule is CN(Cc1cc(CNC(C)(C)C)co1)Cc1cc(Br)cs1. The standard InChI is InChI=1S/C16H23BrN2OS/c1-16(2,3)18-7-12-5-14(20-10-12)8-19(4)9-15-6-13(17)11-21-15/h5-6,10-11,18H,7-9H2,1-4H3.